The fourth-order valence-corrected chi connectivity index (χ4v) is 2.85. The normalized spacial score (nSPS) is 17.2. The topological polar surface area (TPSA) is 33.6 Å². The van der Waals surface area contributed by atoms with Gasteiger partial charge < -0.3 is 10.2 Å². The van der Waals surface area contributed by atoms with Crippen LogP contribution < -0.4 is 5.32 Å². The van der Waals surface area contributed by atoms with Crippen LogP contribution in [0, 0.1) is 0 Å². The van der Waals surface area contributed by atoms with Gasteiger partial charge in [0.2, 0.25) is 0 Å². The molecule has 22 heavy (non-hydrogen) atoms. The summed E-state index contributed by atoms with van der Waals surface area (Å²) in [5, 5.41) is 8.99. The third-order valence-electron chi connectivity index (χ3n) is 3.56. The molecule has 2 aromatic carbocycles. The zero-order chi connectivity index (χ0) is 15.4. The molecule has 3 rings (SSSR count). The molecular weight excluding hydrogens is 319 g/mol. The van der Waals surface area contributed by atoms with Crippen molar-refractivity contribution in [3.05, 3.63) is 69.7 Å². The van der Waals surface area contributed by atoms with E-state index in [1.54, 1.807) is 0 Å². The average Bonchev–Trinajstić information content (AvgIpc) is 2.98. The molecule has 1 aliphatic rings. The van der Waals surface area contributed by atoms with Crippen LogP contribution in [0.5, 0.6) is 0 Å². The van der Waals surface area contributed by atoms with Crippen LogP contribution in [0.15, 0.2) is 53.7 Å². The maximum Gasteiger partial charge on any atom is 0.145 e. The van der Waals surface area contributed by atoms with Crippen molar-refractivity contribution in [2.24, 2.45) is 5.16 Å². The highest BCUT2D eigenvalue weighted by molar-refractivity contribution is 6.34. The summed E-state index contributed by atoms with van der Waals surface area (Å²) < 4.78 is 0. The van der Waals surface area contributed by atoms with Crippen molar-refractivity contribution < 1.29 is 4.84 Å². The quantitative estimate of drug-likeness (QED) is 0.885. The van der Waals surface area contributed by atoms with Gasteiger partial charge in [0.1, 0.15) is 6.10 Å². The predicted molar refractivity (Wildman–Crippen MR) is 90.6 cm³/mol. The second kappa shape index (κ2) is 7.14. The monoisotopic (exact) mass is 334 g/mol. The Kier molecular flexibility index (Phi) is 4.98. The van der Waals surface area contributed by atoms with Crippen LogP contribution in [-0.2, 0) is 11.4 Å². The van der Waals surface area contributed by atoms with E-state index in [2.05, 4.69) is 10.5 Å². The Morgan fingerprint density at radius 2 is 1.77 bits per heavy atom. The van der Waals surface area contributed by atoms with Gasteiger partial charge in [0.15, 0.2) is 0 Å². The maximum atomic E-state index is 6.19. The summed E-state index contributed by atoms with van der Waals surface area (Å²) in [6.45, 7) is 1.42. The van der Waals surface area contributed by atoms with Gasteiger partial charge in [-0.25, -0.2) is 0 Å². The highest BCUT2D eigenvalue weighted by Gasteiger charge is 2.23. The average molecular weight is 335 g/mol. The first kappa shape index (κ1) is 15.3. The molecule has 0 spiro atoms. The van der Waals surface area contributed by atoms with Crippen LogP contribution in [0.25, 0.3) is 0 Å². The van der Waals surface area contributed by atoms with E-state index in [0.717, 1.165) is 28.3 Å². The summed E-state index contributed by atoms with van der Waals surface area (Å²) in [6.07, 6.45) is 0.771. The minimum atomic E-state index is 0.0220. The van der Waals surface area contributed by atoms with Crippen LogP contribution in [0.1, 0.15) is 17.5 Å². The van der Waals surface area contributed by atoms with Gasteiger partial charge in [-0.3, -0.25) is 0 Å². The molecule has 0 radical (unpaired) electrons. The lowest BCUT2D eigenvalue weighted by atomic mass is 10.0. The van der Waals surface area contributed by atoms with E-state index in [4.69, 9.17) is 28.0 Å². The van der Waals surface area contributed by atoms with Gasteiger partial charge in [-0.15, -0.1) is 0 Å². The number of oxime groups is 1. The molecule has 5 heteroatoms. The maximum absolute atomic E-state index is 6.19. The Hall–Kier alpha value is -1.55. The Morgan fingerprint density at radius 3 is 2.55 bits per heavy atom. The van der Waals surface area contributed by atoms with E-state index in [1.165, 1.54) is 0 Å². The molecule has 1 N–H and O–H groups in total. The Morgan fingerprint density at radius 1 is 1.05 bits per heavy atom. The van der Waals surface area contributed by atoms with Crippen molar-refractivity contribution in [3.63, 3.8) is 0 Å². The fraction of sp³-hybridized carbons (Fsp3) is 0.235. The highest BCUT2D eigenvalue weighted by Crippen LogP contribution is 2.22. The molecular formula is C17H16Cl2N2O. The zero-order valence-electron chi connectivity index (χ0n) is 11.9. The summed E-state index contributed by atoms with van der Waals surface area (Å²) in [5.41, 5.74) is 2.92. The molecule has 1 atom stereocenters. The van der Waals surface area contributed by atoms with Crippen LogP contribution >= 0.6 is 23.2 Å². The minimum Gasteiger partial charge on any atom is -0.390 e. The molecule has 1 heterocycles. The summed E-state index contributed by atoms with van der Waals surface area (Å²) in [5.74, 6) is 0. The number of hydrogen-bond donors (Lipinski definition) is 1. The second-order valence-electron chi connectivity index (χ2n) is 5.17. The Labute approximate surface area is 139 Å². The van der Waals surface area contributed by atoms with E-state index in [0.29, 0.717) is 18.1 Å². The summed E-state index contributed by atoms with van der Waals surface area (Å²) >= 11 is 12.3. The molecule has 2 aromatic rings. The minimum absolute atomic E-state index is 0.0220. The van der Waals surface area contributed by atoms with Gasteiger partial charge in [-0.1, -0.05) is 64.8 Å². The summed E-state index contributed by atoms with van der Waals surface area (Å²) in [6, 6.07) is 15.5. The lowest BCUT2D eigenvalue weighted by Gasteiger charge is -2.10. The van der Waals surface area contributed by atoms with E-state index in [-0.39, 0.29) is 6.10 Å². The number of nitrogens with zero attached hydrogens (tertiary/aromatic N) is 1. The third-order valence-corrected chi connectivity index (χ3v) is 4.26. The first-order valence-electron chi connectivity index (χ1n) is 7.16. The number of rotatable bonds is 5. The molecule has 0 saturated heterocycles. The van der Waals surface area contributed by atoms with Crippen molar-refractivity contribution >= 4 is 28.9 Å². The van der Waals surface area contributed by atoms with Gasteiger partial charge in [0, 0.05) is 35.1 Å². The van der Waals surface area contributed by atoms with Crippen molar-refractivity contribution in [2.75, 3.05) is 6.54 Å². The zero-order valence-corrected chi connectivity index (χ0v) is 13.4. The van der Waals surface area contributed by atoms with Gasteiger partial charge >= 0.3 is 0 Å². The van der Waals surface area contributed by atoms with Crippen LogP contribution in [-0.4, -0.2) is 18.4 Å². The number of hydrogen-bond acceptors (Lipinski definition) is 3. The van der Waals surface area contributed by atoms with Crippen molar-refractivity contribution in [1.82, 2.24) is 5.32 Å². The largest absolute Gasteiger partial charge is 0.390 e. The van der Waals surface area contributed by atoms with Gasteiger partial charge in [-0.2, -0.15) is 0 Å². The van der Waals surface area contributed by atoms with E-state index in [1.807, 2.05) is 48.5 Å². The second-order valence-corrected chi connectivity index (χ2v) is 5.99. The summed E-state index contributed by atoms with van der Waals surface area (Å²) in [4.78, 5) is 5.48. The Bertz CT molecular complexity index is 688. The molecule has 1 aliphatic heterocycles. The predicted octanol–water partition coefficient (Wildman–Crippen LogP) is 4.28. The summed E-state index contributed by atoms with van der Waals surface area (Å²) in [7, 11) is 0. The van der Waals surface area contributed by atoms with Gasteiger partial charge in [0.25, 0.3) is 0 Å². The third kappa shape index (κ3) is 3.61. The van der Waals surface area contributed by atoms with Crippen LogP contribution in [0.3, 0.4) is 0 Å². The van der Waals surface area contributed by atoms with E-state index in [9.17, 15) is 0 Å². The highest BCUT2D eigenvalue weighted by atomic mass is 35.5. The standard InChI is InChI=1S/C17H16Cl2N2O/c18-15-7-3-1-5-12(15)10-20-11-13-9-17(21-22-13)14-6-2-4-8-16(14)19/h1-8,13,20H,9-11H2. The molecule has 0 fully saturated rings. The van der Waals surface area contributed by atoms with Crippen molar-refractivity contribution in [3.8, 4) is 0 Å². The van der Waals surface area contributed by atoms with Gasteiger partial charge in [-0.05, 0) is 17.7 Å². The SMILES string of the molecule is Clc1ccccc1CNCC1CC(c2ccccc2Cl)=NO1. The molecule has 3 nitrogen and oxygen atoms in total. The van der Waals surface area contributed by atoms with Gasteiger partial charge in [0.05, 0.1) is 5.71 Å². The van der Waals surface area contributed by atoms with Crippen molar-refractivity contribution in [1.29, 1.82) is 0 Å². The first-order chi connectivity index (χ1) is 10.7. The smallest absolute Gasteiger partial charge is 0.145 e. The van der Waals surface area contributed by atoms with Crippen LogP contribution in [0.2, 0.25) is 10.0 Å². The number of benzene rings is 2. The molecule has 114 valence electrons. The molecule has 0 aromatic heterocycles. The number of nitrogens with one attached hydrogen (secondary N) is 1. The van der Waals surface area contributed by atoms with Crippen LogP contribution in [0.4, 0.5) is 0 Å². The molecule has 0 amide bonds. The fourth-order valence-electron chi connectivity index (χ4n) is 2.40. The van der Waals surface area contributed by atoms with E-state index >= 15 is 0 Å². The first-order valence-corrected chi connectivity index (χ1v) is 7.91. The molecule has 1 unspecified atom stereocenters. The Balaban J connectivity index is 1.51. The lowest BCUT2D eigenvalue weighted by Crippen LogP contribution is -2.26. The molecule has 0 saturated carbocycles. The molecule has 0 aliphatic carbocycles. The van der Waals surface area contributed by atoms with E-state index < -0.39 is 0 Å². The lowest BCUT2D eigenvalue weighted by molar-refractivity contribution is 0.0848. The number of halogens is 2. The molecule has 0 bridgehead atoms. The van der Waals surface area contributed by atoms with Crippen molar-refractivity contribution in [2.45, 2.75) is 19.1 Å².